The van der Waals surface area contributed by atoms with E-state index in [9.17, 15) is 39.3 Å². The minimum absolute atomic E-state index is 0.00211. The van der Waals surface area contributed by atoms with Crippen molar-refractivity contribution in [1.29, 1.82) is 0 Å². The standard InChI is InChI=1S/C46H55NO14/c1-10-24(2)39(53)47-33(28-17-13-11-14-18-28)34(51)41(55)59-30-21-45(56)38(60-40(54)29-19-15-12-16-20-29)36-44(9,31(50)22-43(8)46(36,23-57-43)61-27(5)49)37(52)35(58-26(4)48)32(25(30)3)42(45,6)7/h10-20,30-31,33-36,38,50-51,56H,21-23H2,1-9H3,(H,47,53)/b24-10+/t30-,31-,33-,34+,35+,36-,38-,43+,44+,45+,46+/m0/s1. The van der Waals surface area contributed by atoms with Gasteiger partial charge in [-0.1, -0.05) is 68.5 Å². The lowest BCUT2D eigenvalue weighted by Crippen LogP contribution is -2.85. The van der Waals surface area contributed by atoms with Crippen molar-refractivity contribution in [2.24, 2.45) is 16.7 Å². The first kappa shape index (κ1) is 45.3. The Morgan fingerprint density at radius 3 is 2.03 bits per heavy atom. The van der Waals surface area contributed by atoms with Gasteiger partial charge >= 0.3 is 23.9 Å². The largest absolute Gasteiger partial charge is 0.456 e. The maximum atomic E-state index is 15.5. The van der Waals surface area contributed by atoms with Crippen LogP contribution >= 0.6 is 0 Å². The molecule has 0 aromatic heterocycles. The molecule has 2 aromatic rings. The van der Waals surface area contributed by atoms with Crippen LogP contribution in [0, 0.1) is 16.7 Å². The molecule has 0 radical (unpaired) electrons. The highest BCUT2D eigenvalue weighted by molar-refractivity contribution is 5.96. The number of fused-ring (bicyclic) bond motifs is 5. The highest BCUT2D eigenvalue weighted by Crippen LogP contribution is 2.67. The summed E-state index contributed by atoms with van der Waals surface area (Å²) in [5.74, 6) is -6.84. The molecule has 1 saturated heterocycles. The number of benzene rings is 2. The van der Waals surface area contributed by atoms with Crippen LogP contribution in [0.1, 0.15) is 97.1 Å². The zero-order chi connectivity index (χ0) is 45.0. The number of carbonyl (C=O) groups is 6. The van der Waals surface area contributed by atoms with Gasteiger partial charge in [-0.05, 0) is 63.5 Å². The fourth-order valence-corrected chi connectivity index (χ4v) is 10.1. The van der Waals surface area contributed by atoms with Gasteiger partial charge in [0, 0.05) is 37.7 Å². The van der Waals surface area contributed by atoms with E-state index in [0.29, 0.717) is 11.1 Å². The topological polar surface area (TPSA) is 221 Å². The maximum absolute atomic E-state index is 15.5. The summed E-state index contributed by atoms with van der Waals surface area (Å²) in [5.41, 5.74) is -8.51. The van der Waals surface area contributed by atoms with E-state index in [1.807, 2.05) is 0 Å². The van der Waals surface area contributed by atoms with Gasteiger partial charge in [0.25, 0.3) is 0 Å². The highest BCUT2D eigenvalue weighted by Gasteiger charge is 2.81. The lowest BCUT2D eigenvalue weighted by Gasteiger charge is -2.70. The van der Waals surface area contributed by atoms with Crippen molar-refractivity contribution < 1.29 is 67.8 Å². The third kappa shape index (κ3) is 7.28. The van der Waals surface area contributed by atoms with Crippen molar-refractivity contribution in [2.75, 3.05) is 6.61 Å². The van der Waals surface area contributed by atoms with E-state index in [4.69, 9.17) is 23.7 Å². The van der Waals surface area contributed by atoms with E-state index in [1.165, 1.54) is 26.0 Å². The van der Waals surface area contributed by atoms with E-state index in [1.54, 1.807) is 89.2 Å². The Balaban J connectivity index is 1.57. The summed E-state index contributed by atoms with van der Waals surface area (Å²) in [6, 6.07) is 14.8. The first-order chi connectivity index (χ1) is 28.5. The van der Waals surface area contributed by atoms with Crippen LogP contribution in [-0.2, 0) is 47.7 Å². The molecule has 6 rings (SSSR count). The molecule has 4 N–H and O–H groups in total. The van der Waals surface area contributed by atoms with Crippen LogP contribution in [0.25, 0.3) is 0 Å². The summed E-state index contributed by atoms with van der Waals surface area (Å²) < 4.78 is 30.6. The van der Waals surface area contributed by atoms with Crippen molar-refractivity contribution in [3.63, 3.8) is 0 Å². The third-order valence-electron chi connectivity index (χ3n) is 13.8. The van der Waals surface area contributed by atoms with E-state index in [2.05, 4.69) is 5.32 Å². The summed E-state index contributed by atoms with van der Waals surface area (Å²) in [5, 5.41) is 40.3. The minimum Gasteiger partial charge on any atom is -0.456 e. The van der Waals surface area contributed by atoms with Gasteiger partial charge < -0.3 is 44.3 Å². The minimum atomic E-state index is -2.40. The Hall–Kier alpha value is -5.22. The van der Waals surface area contributed by atoms with Crippen LogP contribution in [0.4, 0.5) is 0 Å². The Morgan fingerprint density at radius 2 is 1.49 bits per heavy atom. The summed E-state index contributed by atoms with van der Waals surface area (Å²) in [4.78, 5) is 83.3. The number of rotatable bonds is 10. The molecule has 2 aromatic carbocycles. The average Bonchev–Trinajstić information content (AvgIpc) is 3.21. The molecule has 1 aliphatic heterocycles. The second kappa shape index (κ2) is 16.2. The molecule has 4 aliphatic rings. The van der Waals surface area contributed by atoms with Crippen molar-refractivity contribution in [3.8, 4) is 0 Å². The zero-order valence-corrected chi connectivity index (χ0v) is 35.8. The van der Waals surface area contributed by atoms with E-state index in [-0.39, 0.29) is 29.7 Å². The van der Waals surface area contributed by atoms with E-state index < -0.39 is 112 Å². The van der Waals surface area contributed by atoms with Crippen LogP contribution in [-0.4, -0.2) is 105 Å². The Bertz CT molecular complexity index is 2170. The van der Waals surface area contributed by atoms with Crippen molar-refractivity contribution in [1.82, 2.24) is 5.32 Å². The highest BCUT2D eigenvalue weighted by atomic mass is 16.6. The lowest BCUT2D eigenvalue weighted by atomic mass is 9.42. The third-order valence-corrected chi connectivity index (χ3v) is 13.8. The van der Waals surface area contributed by atoms with Gasteiger partial charge in [0.05, 0.1) is 35.6 Å². The van der Waals surface area contributed by atoms with Crippen molar-refractivity contribution in [2.45, 2.75) is 129 Å². The summed E-state index contributed by atoms with van der Waals surface area (Å²) in [7, 11) is 0. The number of nitrogens with one attached hydrogen (secondary N) is 1. The van der Waals surface area contributed by atoms with Gasteiger partial charge in [-0.15, -0.1) is 0 Å². The molecule has 2 bridgehead atoms. The molecule has 0 unspecified atom stereocenters. The smallest absolute Gasteiger partial charge is 0.338 e. The second-order valence-electron chi connectivity index (χ2n) is 17.6. The fourth-order valence-electron chi connectivity index (χ4n) is 10.1. The zero-order valence-electron chi connectivity index (χ0n) is 35.8. The number of esters is 4. The molecular weight excluding hydrogens is 790 g/mol. The van der Waals surface area contributed by atoms with Gasteiger partial charge in [-0.2, -0.15) is 0 Å². The lowest BCUT2D eigenvalue weighted by molar-refractivity contribution is -0.383. The molecule has 328 valence electrons. The molecule has 1 amide bonds. The van der Waals surface area contributed by atoms with E-state index >= 15 is 4.79 Å². The van der Waals surface area contributed by atoms with Crippen LogP contribution < -0.4 is 5.32 Å². The molecule has 11 atom stereocenters. The normalized spacial score (nSPS) is 33.8. The quantitative estimate of drug-likeness (QED) is 0.116. The van der Waals surface area contributed by atoms with Crippen molar-refractivity contribution >= 4 is 35.6 Å². The number of hydrogen-bond acceptors (Lipinski definition) is 14. The number of carbonyl (C=O) groups excluding carboxylic acids is 6. The van der Waals surface area contributed by atoms with Crippen molar-refractivity contribution in [3.05, 3.63) is 94.6 Å². The van der Waals surface area contributed by atoms with Crippen LogP contribution in [0.15, 0.2) is 83.5 Å². The van der Waals surface area contributed by atoms with Gasteiger partial charge in [0.1, 0.15) is 23.4 Å². The molecule has 1 heterocycles. The predicted octanol–water partition coefficient (Wildman–Crippen LogP) is 3.78. The van der Waals surface area contributed by atoms with Crippen LogP contribution in [0.3, 0.4) is 0 Å². The summed E-state index contributed by atoms with van der Waals surface area (Å²) >= 11 is 0. The summed E-state index contributed by atoms with van der Waals surface area (Å²) in [6.45, 7) is 12.8. The molecular formula is C46H55NO14. The Labute approximate surface area is 354 Å². The van der Waals surface area contributed by atoms with Crippen LogP contribution in [0.5, 0.6) is 0 Å². The molecule has 3 aliphatic carbocycles. The van der Waals surface area contributed by atoms with Crippen LogP contribution in [0.2, 0.25) is 0 Å². The Morgan fingerprint density at radius 1 is 0.885 bits per heavy atom. The number of aliphatic hydroxyl groups is 3. The van der Waals surface area contributed by atoms with E-state index in [0.717, 1.165) is 13.8 Å². The average molecular weight is 846 g/mol. The van der Waals surface area contributed by atoms with Gasteiger partial charge in [-0.3, -0.25) is 19.2 Å². The number of ether oxygens (including phenoxy) is 5. The van der Waals surface area contributed by atoms with Gasteiger partial charge in [-0.25, -0.2) is 9.59 Å². The molecule has 15 nitrogen and oxygen atoms in total. The molecule has 61 heavy (non-hydrogen) atoms. The van der Waals surface area contributed by atoms with Gasteiger partial charge in [0.15, 0.2) is 23.6 Å². The SMILES string of the molecule is C/C=C(\C)C(=O)N[C@@H](c1ccccc1)[C@@H](O)C(=O)O[C@H]1C[C@@]2(O)[C@@H](OC(=O)c3ccccc3)[C@H]3[C@](C)(C(=O)[C@H](OC(C)=O)C(=C1C)C2(C)C)[C@@H](O)C[C@@]1(C)OC[C@@]31OC(C)=O. The number of Topliss-reactive ketones (excluding diaryl/α,β-unsaturated/α-hetero) is 1. The molecule has 3 fully saturated rings. The number of amides is 1. The maximum Gasteiger partial charge on any atom is 0.338 e. The fraction of sp³-hybridized carbons (Fsp3) is 0.522. The number of hydrogen-bond donors (Lipinski definition) is 4. The number of aliphatic hydroxyl groups excluding tert-OH is 2. The first-order valence-corrected chi connectivity index (χ1v) is 20.3. The molecule has 0 spiro atoms. The second-order valence-corrected chi connectivity index (χ2v) is 17.6. The summed E-state index contributed by atoms with van der Waals surface area (Å²) in [6.07, 6.45) is -7.98. The van der Waals surface area contributed by atoms with Gasteiger partial charge in [0.2, 0.25) is 5.91 Å². The number of ketones is 1. The Kier molecular flexibility index (Phi) is 12.1. The monoisotopic (exact) mass is 845 g/mol. The molecule has 2 saturated carbocycles. The number of allylic oxidation sites excluding steroid dienone is 1. The first-order valence-electron chi connectivity index (χ1n) is 20.3. The predicted molar refractivity (Wildman–Crippen MR) is 216 cm³/mol. The molecule has 15 heteroatoms.